The molecule has 0 saturated heterocycles. The molecular formula is C12H11F3NO2. The van der Waals surface area contributed by atoms with Gasteiger partial charge in [-0.3, -0.25) is 5.32 Å². The highest BCUT2D eigenvalue weighted by atomic mass is 19.4. The molecule has 0 heterocycles. The highest BCUT2D eigenvalue weighted by Gasteiger charge is 2.30. The molecule has 1 aliphatic rings. The van der Waals surface area contributed by atoms with E-state index in [2.05, 4.69) is 11.4 Å². The van der Waals surface area contributed by atoms with Crippen LogP contribution in [0.5, 0.6) is 0 Å². The Balaban J connectivity index is 1.93. The summed E-state index contributed by atoms with van der Waals surface area (Å²) >= 11 is 0. The number of anilines is 1. The van der Waals surface area contributed by atoms with Crippen LogP contribution in [0, 0.1) is 12.0 Å². The summed E-state index contributed by atoms with van der Waals surface area (Å²) in [5.41, 5.74) is -0.840. The van der Waals surface area contributed by atoms with Gasteiger partial charge in [-0.25, -0.2) is 4.79 Å². The molecule has 0 aromatic heterocycles. The fourth-order valence-corrected chi connectivity index (χ4v) is 1.34. The summed E-state index contributed by atoms with van der Waals surface area (Å²) in [6.07, 6.45) is -3.13. The van der Waals surface area contributed by atoms with Gasteiger partial charge in [-0.1, -0.05) is 0 Å². The molecule has 0 bridgehead atoms. The first kappa shape index (κ1) is 12.7. The van der Waals surface area contributed by atoms with Crippen LogP contribution >= 0.6 is 0 Å². The predicted molar refractivity (Wildman–Crippen MR) is 58.0 cm³/mol. The Kier molecular flexibility index (Phi) is 3.45. The van der Waals surface area contributed by atoms with E-state index in [9.17, 15) is 18.0 Å². The molecule has 1 N–H and O–H groups in total. The molecule has 18 heavy (non-hydrogen) atoms. The second-order valence-corrected chi connectivity index (χ2v) is 4.17. The van der Waals surface area contributed by atoms with E-state index in [1.54, 1.807) is 0 Å². The van der Waals surface area contributed by atoms with Crippen molar-refractivity contribution in [3.63, 3.8) is 0 Å². The Hall–Kier alpha value is -1.72. The van der Waals surface area contributed by atoms with Gasteiger partial charge in [-0.05, 0) is 43.0 Å². The minimum Gasteiger partial charge on any atom is -0.449 e. The van der Waals surface area contributed by atoms with Crippen molar-refractivity contribution in [2.24, 2.45) is 5.92 Å². The number of nitrogens with one attached hydrogen (secondary N) is 1. The van der Waals surface area contributed by atoms with E-state index in [1.807, 2.05) is 0 Å². The molecule has 0 spiro atoms. The molecule has 6 heteroatoms. The lowest BCUT2D eigenvalue weighted by molar-refractivity contribution is -0.137. The van der Waals surface area contributed by atoms with Crippen molar-refractivity contribution >= 4 is 11.8 Å². The Morgan fingerprint density at radius 2 is 2.17 bits per heavy atom. The molecular weight excluding hydrogens is 247 g/mol. The Morgan fingerprint density at radius 3 is 2.78 bits per heavy atom. The van der Waals surface area contributed by atoms with E-state index < -0.39 is 17.8 Å². The van der Waals surface area contributed by atoms with Gasteiger partial charge in [-0.15, -0.1) is 0 Å². The van der Waals surface area contributed by atoms with Gasteiger partial charge in [0.05, 0.1) is 12.2 Å². The van der Waals surface area contributed by atoms with Gasteiger partial charge in [0.25, 0.3) is 0 Å². The number of hydrogen-bond acceptors (Lipinski definition) is 2. The van der Waals surface area contributed by atoms with Gasteiger partial charge < -0.3 is 4.74 Å². The third kappa shape index (κ3) is 3.65. The fourth-order valence-electron chi connectivity index (χ4n) is 1.34. The SMILES string of the molecule is O=C(Nc1c[c]cc(C(F)(F)F)c1)OCC1CC1. The summed E-state index contributed by atoms with van der Waals surface area (Å²) in [5, 5.41) is 2.25. The number of alkyl halides is 3. The number of ether oxygens (including phenoxy) is 1. The summed E-state index contributed by atoms with van der Waals surface area (Å²) in [6, 6.07) is 5.25. The van der Waals surface area contributed by atoms with Crippen LogP contribution < -0.4 is 5.32 Å². The summed E-state index contributed by atoms with van der Waals surface area (Å²) in [6.45, 7) is 0.314. The standard InChI is InChI=1S/C12H11F3NO2/c13-12(14,15)9-2-1-3-10(6-9)16-11(17)18-7-8-4-5-8/h2-3,6,8H,4-5,7H2,(H,16,17). The van der Waals surface area contributed by atoms with Crippen LogP contribution in [0.2, 0.25) is 0 Å². The first-order valence-corrected chi connectivity index (χ1v) is 5.47. The predicted octanol–water partition coefficient (Wildman–Crippen LogP) is 3.46. The zero-order chi connectivity index (χ0) is 13.2. The van der Waals surface area contributed by atoms with Gasteiger partial charge in [0.15, 0.2) is 0 Å². The van der Waals surface area contributed by atoms with E-state index in [0.29, 0.717) is 12.5 Å². The molecule has 1 aromatic carbocycles. The molecule has 1 amide bonds. The number of amides is 1. The molecule has 1 radical (unpaired) electrons. The van der Waals surface area contributed by atoms with Crippen molar-refractivity contribution in [3.05, 3.63) is 29.8 Å². The van der Waals surface area contributed by atoms with Crippen LogP contribution in [0.15, 0.2) is 18.2 Å². The third-order valence-corrected chi connectivity index (χ3v) is 2.51. The summed E-state index contributed by atoms with van der Waals surface area (Å²) in [5.74, 6) is 0.406. The van der Waals surface area contributed by atoms with E-state index in [4.69, 9.17) is 4.74 Å². The number of carbonyl (C=O) groups is 1. The van der Waals surface area contributed by atoms with Crippen LogP contribution in [0.1, 0.15) is 18.4 Å². The highest BCUT2D eigenvalue weighted by molar-refractivity contribution is 5.84. The molecule has 2 rings (SSSR count). The Labute approximate surface area is 102 Å². The molecule has 0 atom stereocenters. The summed E-state index contributed by atoms with van der Waals surface area (Å²) in [7, 11) is 0. The minimum atomic E-state index is -4.45. The zero-order valence-electron chi connectivity index (χ0n) is 9.38. The van der Waals surface area contributed by atoms with E-state index in [-0.39, 0.29) is 5.69 Å². The maximum atomic E-state index is 12.4. The molecule has 1 aromatic rings. The van der Waals surface area contributed by atoms with E-state index in [1.165, 1.54) is 6.07 Å². The fraction of sp³-hybridized carbons (Fsp3) is 0.417. The lowest BCUT2D eigenvalue weighted by Gasteiger charge is -2.09. The van der Waals surface area contributed by atoms with Crippen LogP contribution in [-0.2, 0) is 10.9 Å². The largest absolute Gasteiger partial charge is 0.449 e. The van der Waals surface area contributed by atoms with Gasteiger partial charge in [0.1, 0.15) is 0 Å². The highest BCUT2D eigenvalue weighted by Crippen LogP contribution is 2.31. The normalized spacial score (nSPS) is 15.3. The first-order chi connectivity index (χ1) is 8.45. The average Bonchev–Trinajstić information content (AvgIpc) is 3.09. The zero-order valence-corrected chi connectivity index (χ0v) is 9.38. The number of hydrogen-bond donors (Lipinski definition) is 1. The minimum absolute atomic E-state index is 0.0191. The molecule has 0 unspecified atom stereocenters. The van der Waals surface area contributed by atoms with Crippen molar-refractivity contribution < 1.29 is 22.7 Å². The quantitative estimate of drug-likeness (QED) is 0.901. The number of carbonyl (C=O) groups excluding carboxylic acids is 1. The number of benzene rings is 1. The molecule has 0 aliphatic heterocycles. The molecule has 1 aliphatic carbocycles. The molecule has 3 nitrogen and oxygen atoms in total. The van der Waals surface area contributed by atoms with Crippen molar-refractivity contribution in [3.8, 4) is 0 Å². The maximum Gasteiger partial charge on any atom is 0.416 e. The number of halogens is 3. The second kappa shape index (κ2) is 4.88. The van der Waals surface area contributed by atoms with Crippen molar-refractivity contribution in [1.82, 2.24) is 0 Å². The van der Waals surface area contributed by atoms with Gasteiger partial charge in [0.2, 0.25) is 0 Å². The monoisotopic (exact) mass is 258 g/mol. The maximum absolute atomic E-state index is 12.4. The van der Waals surface area contributed by atoms with Crippen LogP contribution in [0.25, 0.3) is 0 Å². The second-order valence-electron chi connectivity index (χ2n) is 4.17. The summed E-state index contributed by atoms with van der Waals surface area (Å²) < 4.78 is 42.1. The lowest BCUT2D eigenvalue weighted by atomic mass is 10.2. The van der Waals surface area contributed by atoms with E-state index in [0.717, 1.165) is 25.0 Å². The van der Waals surface area contributed by atoms with Gasteiger partial charge in [-0.2, -0.15) is 13.2 Å². The summed E-state index contributed by atoms with van der Waals surface area (Å²) in [4.78, 5) is 11.3. The van der Waals surface area contributed by atoms with Crippen LogP contribution in [0.3, 0.4) is 0 Å². The number of rotatable bonds is 3. The molecule has 1 saturated carbocycles. The van der Waals surface area contributed by atoms with Crippen molar-refractivity contribution in [2.45, 2.75) is 19.0 Å². The average molecular weight is 258 g/mol. The topological polar surface area (TPSA) is 38.3 Å². The van der Waals surface area contributed by atoms with Gasteiger partial charge >= 0.3 is 12.3 Å². The molecule has 1 fully saturated rings. The Morgan fingerprint density at radius 1 is 1.44 bits per heavy atom. The van der Waals surface area contributed by atoms with Crippen molar-refractivity contribution in [1.29, 1.82) is 0 Å². The smallest absolute Gasteiger partial charge is 0.416 e. The van der Waals surface area contributed by atoms with Gasteiger partial charge in [0, 0.05) is 5.69 Å². The van der Waals surface area contributed by atoms with Crippen molar-refractivity contribution in [2.75, 3.05) is 11.9 Å². The lowest BCUT2D eigenvalue weighted by Crippen LogP contribution is -2.15. The van der Waals surface area contributed by atoms with E-state index >= 15 is 0 Å². The third-order valence-electron chi connectivity index (χ3n) is 2.51. The van der Waals surface area contributed by atoms with Crippen LogP contribution in [0.4, 0.5) is 23.7 Å². The van der Waals surface area contributed by atoms with Crippen LogP contribution in [-0.4, -0.2) is 12.7 Å². The first-order valence-electron chi connectivity index (χ1n) is 5.47. The Bertz CT molecular complexity index is 441. The molecule has 97 valence electrons.